The quantitative estimate of drug-likeness (QED) is 0.563. The monoisotopic (exact) mass is 216 g/mol. The Hall–Kier alpha value is -1.54. The smallest absolute Gasteiger partial charge is 0.268 e. The summed E-state index contributed by atoms with van der Waals surface area (Å²) in [5.41, 5.74) is -1.30. The van der Waals surface area contributed by atoms with Crippen molar-refractivity contribution >= 4 is 17.9 Å². The summed E-state index contributed by atoms with van der Waals surface area (Å²) in [5.74, 6) is 0. The van der Waals surface area contributed by atoms with Crippen LogP contribution in [-0.2, 0) is 0 Å². The first-order chi connectivity index (χ1) is 6.61. The molecule has 3 nitrogen and oxygen atoms in total. The van der Waals surface area contributed by atoms with Crippen LogP contribution in [0.2, 0.25) is 5.15 Å². The predicted octanol–water partition coefficient (Wildman–Crippen LogP) is 2.36. The second-order valence-corrected chi connectivity index (χ2v) is 2.68. The molecule has 6 heteroatoms. The maximum Gasteiger partial charge on any atom is 0.268 e. The average Bonchev–Trinajstić information content (AvgIpc) is 2.16. The molecule has 0 saturated heterocycles. The number of halogens is 3. The van der Waals surface area contributed by atoms with Gasteiger partial charge in [-0.05, 0) is 0 Å². The number of nitrogens with zero attached hydrogens (tertiary/aromatic N) is 2. The van der Waals surface area contributed by atoms with Gasteiger partial charge in [0, 0.05) is 6.20 Å². The lowest BCUT2D eigenvalue weighted by Crippen LogP contribution is -1.99. The highest BCUT2D eigenvalue weighted by Crippen LogP contribution is 2.29. The van der Waals surface area contributed by atoms with Crippen LogP contribution < -0.4 is 0 Å². The van der Waals surface area contributed by atoms with Crippen LogP contribution in [-0.4, -0.2) is 11.3 Å². The minimum absolute atomic E-state index is 0.188. The van der Waals surface area contributed by atoms with Crippen LogP contribution in [0.3, 0.4) is 0 Å². The molecule has 0 atom stereocenters. The molecule has 72 valence electrons. The minimum Gasteiger partial charge on any atom is -0.298 e. The Kier molecular flexibility index (Phi) is 3.10. The molecule has 0 fully saturated rings. The molecule has 1 aromatic rings. The van der Waals surface area contributed by atoms with E-state index in [9.17, 15) is 13.6 Å². The van der Waals surface area contributed by atoms with E-state index in [1.807, 2.05) is 0 Å². The number of carbonyl (C=O) groups is 1. The van der Waals surface area contributed by atoms with Crippen molar-refractivity contribution in [1.82, 2.24) is 4.98 Å². The predicted molar refractivity (Wildman–Crippen MR) is 44.3 cm³/mol. The van der Waals surface area contributed by atoms with Gasteiger partial charge in [-0.2, -0.15) is 5.26 Å². The first-order valence-electron chi connectivity index (χ1n) is 3.43. The molecule has 0 aromatic carbocycles. The number of aromatic nitrogens is 1. The van der Waals surface area contributed by atoms with E-state index in [1.54, 1.807) is 0 Å². The van der Waals surface area contributed by atoms with E-state index in [1.165, 1.54) is 6.07 Å². The van der Waals surface area contributed by atoms with E-state index in [-0.39, 0.29) is 11.8 Å². The number of pyridine rings is 1. The lowest BCUT2D eigenvalue weighted by atomic mass is 10.1. The van der Waals surface area contributed by atoms with E-state index in [0.717, 1.165) is 6.20 Å². The molecule has 1 aromatic heterocycles. The standard InChI is InChI=1S/C8H3ClF2N2O/c9-7-6(8(10)11)5(1-12)4(3-14)2-13-7/h2-3,8H. The van der Waals surface area contributed by atoms with Gasteiger partial charge in [0.25, 0.3) is 6.43 Å². The first kappa shape index (κ1) is 10.5. The molecule has 0 aliphatic carbocycles. The molecule has 1 heterocycles. The molecule has 0 spiro atoms. The molecule has 0 unspecified atom stereocenters. The third-order valence-corrected chi connectivity index (χ3v) is 1.86. The average molecular weight is 217 g/mol. The number of hydrogen-bond acceptors (Lipinski definition) is 3. The zero-order chi connectivity index (χ0) is 10.7. The normalized spacial score (nSPS) is 9.93. The maximum absolute atomic E-state index is 12.4. The van der Waals surface area contributed by atoms with Gasteiger partial charge in [0.05, 0.1) is 16.7 Å². The fourth-order valence-electron chi connectivity index (χ4n) is 0.932. The molecule has 0 bridgehead atoms. The van der Waals surface area contributed by atoms with Crippen LogP contribution in [0.5, 0.6) is 0 Å². The molecule has 0 aliphatic heterocycles. The summed E-state index contributed by atoms with van der Waals surface area (Å²) in [6, 6.07) is 1.50. The Morgan fingerprint density at radius 3 is 2.71 bits per heavy atom. The summed E-state index contributed by atoms with van der Waals surface area (Å²) in [6.45, 7) is 0. The third kappa shape index (κ3) is 1.70. The number of nitriles is 1. The van der Waals surface area contributed by atoms with E-state index in [2.05, 4.69) is 4.98 Å². The van der Waals surface area contributed by atoms with Crippen molar-refractivity contribution < 1.29 is 13.6 Å². The summed E-state index contributed by atoms with van der Waals surface area (Å²) in [6.07, 6.45) is -1.65. The van der Waals surface area contributed by atoms with Crippen molar-refractivity contribution in [3.63, 3.8) is 0 Å². The summed E-state index contributed by atoms with van der Waals surface area (Å²) < 4.78 is 24.8. The topological polar surface area (TPSA) is 53.8 Å². The van der Waals surface area contributed by atoms with Gasteiger partial charge in [-0.25, -0.2) is 13.8 Å². The van der Waals surface area contributed by atoms with Gasteiger partial charge in [0.2, 0.25) is 0 Å². The zero-order valence-corrected chi connectivity index (χ0v) is 7.42. The Morgan fingerprint density at radius 1 is 1.64 bits per heavy atom. The molecule has 0 N–H and O–H groups in total. The second kappa shape index (κ2) is 4.11. The van der Waals surface area contributed by atoms with Crippen LogP contribution in [0.1, 0.15) is 27.9 Å². The second-order valence-electron chi connectivity index (χ2n) is 2.32. The Labute approximate surface area is 82.9 Å². The highest BCUT2D eigenvalue weighted by molar-refractivity contribution is 6.30. The molecule has 0 saturated carbocycles. The van der Waals surface area contributed by atoms with Crippen LogP contribution in [0.4, 0.5) is 8.78 Å². The van der Waals surface area contributed by atoms with Crippen LogP contribution in [0, 0.1) is 11.3 Å². The van der Waals surface area contributed by atoms with Crippen molar-refractivity contribution in [3.05, 3.63) is 28.0 Å². The zero-order valence-electron chi connectivity index (χ0n) is 6.67. The Balaban J connectivity index is 3.52. The van der Waals surface area contributed by atoms with Gasteiger partial charge >= 0.3 is 0 Å². The summed E-state index contributed by atoms with van der Waals surface area (Å²) in [5, 5.41) is 8.12. The summed E-state index contributed by atoms with van der Waals surface area (Å²) >= 11 is 5.37. The highest BCUT2D eigenvalue weighted by Gasteiger charge is 2.21. The van der Waals surface area contributed by atoms with Crippen LogP contribution >= 0.6 is 11.6 Å². The number of alkyl halides is 2. The van der Waals surface area contributed by atoms with Crippen molar-refractivity contribution in [2.45, 2.75) is 6.43 Å². The number of carbonyl (C=O) groups excluding carboxylic acids is 1. The molecule has 14 heavy (non-hydrogen) atoms. The van der Waals surface area contributed by atoms with Crippen molar-refractivity contribution in [2.75, 3.05) is 0 Å². The summed E-state index contributed by atoms with van der Waals surface area (Å²) in [4.78, 5) is 13.8. The molecule has 1 rings (SSSR count). The highest BCUT2D eigenvalue weighted by atomic mass is 35.5. The Bertz CT molecular complexity index is 415. The van der Waals surface area contributed by atoms with E-state index < -0.39 is 22.7 Å². The van der Waals surface area contributed by atoms with Gasteiger partial charge in [0.15, 0.2) is 6.29 Å². The number of aldehydes is 1. The van der Waals surface area contributed by atoms with Crippen molar-refractivity contribution in [1.29, 1.82) is 5.26 Å². The van der Waals surface area contributed by atoms with Crippen molar-refractivity contribution in [3.8, 4) is 6.07 Å². The molecular formula is C8H3ClF2N2O. The van der Waals surface area contributed by atoms with E-state index in [4.69, 9.17) is 16.9 Å². The third-order valence-electron chi connectivity index (χ3n) is 1.55. The van der Waals surface area contributed by atoms with E-state index >= 15 is 0 Å². The van der Waals surface area contributed by atoms with Gasteiger partial charge in [-0.1, -0.05) is 11.6 Å². The van der Waals surface area contributed by atoms with E-state index in [0.29, 0.717) is 0 Å². The van der Waals surface area contributed by atoms with Gasteiger partial charge in [0.1, 0.15) is 11.2 Å². The van der Waals surface area contributed by atoms with Crippen LogP contribution in [0.15, 0.2) is 6.20 Å². The van der Waals surface area contributed by atoms with Crippen molar-refractivity contribution in [2.24, 2.45) is 0 Å². The minimum atomic E-state index is -2.93. The largest absolute Gasteiger partial charge is 0.298 e. The van der Waals surface area contributed by atoms with Gasteiger partial charge in [-0.3, -0.25) is 4.79 Å². The SMILES string of the molecule is N#Cc1c(C=O)cnc(Cl)c1C(F)F. The molecule has 0 aliphatic rings. The van der Waals surface area contributed by atoms with Gasteiger partial charge < -0.3 is 0 Å². The van der Waals surface area contributed by atoms with Gasteiger partial charge in [-0.15, -0.1) is 0 Å². The molecule has 0 amide bonds. The molecular weight excluding hydrogens is 214 g/mol. The first-order valence-corrected chi connectivity index (χ1v) is 3.81. The summed E-state index contributed by atoms with van der Waals surface area (Å²) in [7, 11) is 0. The Morgan fingerprint density at radius 2 is 2.29 bits per heavy atom. The van der Waals surface area contributed by atoms with Crippen LogP contribution in [0.25, 0.3) is 0 Å². The fraction of sp³-hybridized carbons (Fsp3) is 0.125. The fourth-order valence-corrected chi connectivity index (χ4v) is 1.16. The number of rotatable bonds is 2. The number of hydrogen-bond donors (Lipinski definition) is 0. The lowest BCUT2D eigenvalue weighted by Gasteiger charge is -2.05. The molecule has 0 radical (unpaired) electrons. The maximum atomic E-state index is 12.4. The lowest BCUT2D eigenvalue weighted by molar-refractivity contribution is 0.112.